The molecule has 0 radical (unpaired) electrons. The number of ether oxygens (including phenoxy) is 1. The van der Waals surface area contributed by atoms with Crippen molar-refractivity contribution in [1.82, 2.24) is 0 Å². The van der Waals surface area contributed by atoms with E-state index < -0.39 is 0 Å². The molecule has 38 valence electrons. The topological polar surface area (TPSA) is 30.8 Å². The molecule has 0 saturated carbocycles. The van der Waals surface area contributed by atoms with Crippen LogP contribution in [0.1, 0.15) is 0 Å². The molecule has 1 saturated heterocycles. The van der Waals surface area contributed by atoms with E-state index in [1.54, 1.807) is 6.21 Å². The lowest BCUT2D eigenvalue weighted by atomic mass is 10.1. The van der Waals surface area contributed by atoms with Crippen molar-refractivity contribution in [3.05, 3.63) is 0 Å². The Labute approximate surface area is 40.9 Å². The molecule has 2 aliphatic rings. The van der Waals surface area contributed by atoms with Crippen LogP contribution in [0.25, 0.3) is 0 Å². The first-order valence-corrected chi connectivity index (χ1v) is 2.28. The molecule has 2 heterocycles. The maximum Gasteiger partial charge on any atom is 0.237 e. The molecule has 0 aromatic heterocycles. The van der Waals surface area contributed by atoms with Crippen LogP contribution in [-0.2, 0) is 9.57 Å². The summed E-state index contributed by atoms with van der Waals surface area (Å²) < 4.78 is 4.91. The lowest BCUT2D eigenvalue weighted by Crippen LogP contribution is -2.37. The summed E-state index contributed by atoms with van der Waals surface area (Å²) in [6.07, 6.45) is 1.76. The van der Waals surface area contributed by atoms with Gasteiger partial charge in [0.25, 0.3) is 0 Å². The zero-order valence-corrected chi connectivity index (χ0v) is 3.70. The Morgan fingerprint density at radius 1 is 1.71 bits per heavy atom. The fourth-order valence-corrected chi connectivity index (χ4v) is 0.681. The van der Waals surface area contributed by atoms with E-state index >= 15 is 0 Å². The van der Waals surface area contributed by atoms with Crippen molar-refractivity contribution in [2.45, 2.75) is 6.29 Å². The number of fused-ring (bicyclic) bond motifs is 1. The Morgan fingerprint density at radius 2 is 2.71 bits per heavy atom. The Bertz CT molecular complexity index is 112. The van der Waals surface area contributed by atoms with E-state index in [2.05, 4.69) is 5.16 Å². The smallest absolute Gasteiger partial charge is 0.237 e. The lowest BCUT2D eigenvalue weighted by Gasteiger charge is -2.25. The zero-order chi connectivity index (χ0) is 4.69. The van der Waals surface area contributed by atoms with Crippen molar-refractivity contribution in [3.63, 3.8) is 0 Å². The summed E-state index contributed by atoms with van der Waals surface area (Å²) in [7, 11) is 0. The minimum Gasteiger partial charge on any atom is -0.363 e. The van der Waals surface area contributed by atoms with Gasteiger partial charge >= 0.3 is 0 Å². The Kier molecular flexibility index (Phi) is 0.481. The summed E-state index contributed by atoms with van der Waals surface area (Å²) in [4.78, 5) is 4.70. The van der Waals surface area contributed by atoms with Crippen LogP contribution in [0.4, 0.5) is 0 Å². The first kappa shape index (κ1) is 3.43. The first-order chi connectivity index (χ1) is 3.47. The van der Waals surface area contributed by atoms with Gasteiger partial charge in [0.05, 0.1) is 18.7 Å². The van der Waals surface area contributed by atoms with Gasteiger partial charge in [0.1, 0.15) is 0 Å². The molecular formula is C4H5NO2. The van der Waals surface area contributed by atoms with Crippen LogP contribution in [0.15, 0.2) is 5.16 Å². The molecule has 0 bridgehead atoms. The predicted molar refractivity (Wildman–Crippen MR) is 22.8 cm³/mol. The van der Waals surface area contributed by atoms with Gasteiger partial charge in [-0.2, -0.15) is 0 Å². The number of nitrogens with zero attached hydrogens (tertiary/aromatic N) is 1. The van der Waals surface area contributed by atoms with E-state index in [0.717, 1.165) is 6.61 Å². The molecular weight excluding hydrogens is 94.0 g/mol. The number of oxime groups is 1. The summed E-state index contributed by atoms with van der Waals surface area (Å²) in [5.41, 5.74) is 0. The molecule has 0 aromatic carbocycles. The highest BCUT2D eigenvalue weighted by molar-refractivity contribution is 5.63. The molecule has 0 aromatic rings. The van der Waals surface area contributed by atoms with Gasteiger partial charge in [-0.05, 0) is 0 Å². The van der Waals surface area contributed by atoms with Crippen molar-refractivity contribution >= 4 is 6.21 Å². The fraction of sp³-hybridized carbons (Fsp3) is 0.750. The van der Waals surface area contributed by atoms with Gasteiger partial charge in [-0.3, -0.25) is 0 Å². The van der Waals surface area contributed by atoms with Gasteiger partial charge in [0, 0.05) is 0 Å². The van der Waals surface area contributed by atoms with Gasteiger partial charge < -0.3 is 9.57 Å². The molecule has 0 spiro atoms. The molecule has 2 aliphatic heterocycles. The first-order valence-electron chi connectivity index (χ1n) is 2.28. The molecule has 1 fully saturated rings. The molecule has 2 rings (SSSR count). The minimum absolute atomic E-state index is 0.0278. The second-order valence-electron chi connectivity index (χ2n) is 1.73. The Hall–Kier alpha value is -0.570. The highest BCUT2D eigenvalue weighted by Gasteiger charge is 2.36. The Morgan fingerprint density at radius 3 is 3.00 bits per heavy atom. The standard InChI is InChI=1S/C4H5NO2/c1-3-2-6-4(3)7-5-1/h1,3-4H,2H2. The van der Waals surface area contributed by atoms with Gasteiger partial charge in [0.2, 0.25) is 6.29 Å². The zero-order valence-electron chi connectivity index (χ0n) is 3.70. The molecule has 2 atom stereocenters. The second-order valence-corrected chi connectivity index (χ2v) is 1.73. The minimum atomic E-state index is -0.0278. The largest absolute Gasteiger partial charge is 0.363 e. The number of hydrogen-bond donors (Lipinski definition) is 0. The second kappa shape index (κ2) is 0.980. The molecule has 3 heteroatoms. The number of rotatable bonds is 0. The van der Waals surface area contributed by atoms with Crippen molar-refractivity contribution in [2.24, 2.45) is 11.1 Å². The van der Waals surface area contributed by atoms with E-state index in [0.29, 0.717) is 5.92 Å². The van der Waals surface area contributed by atoms with Crippen LogP contribution < -0.4 is 0 Å². The van der Waals surface area contributed by atoms with E-state index in [9.17, 15) is 0 Å². The fourth-order valence-electron chi connectivity index (χ4n) is 0.681. The number of hydrogen-bond acceptors (Lipinski definition) is 3. The monoisotopic (exact) mass is 99.0 g/mol. The van der Waals surface area contributed by atoms with Crippen molar-refractivity contribution in [1.29, 1.82) is 0 Å². The van der Waals surface area contributed by atoms with Crippen LogP contribution in [0.2, 0.25) is 0 Å². The summed E-state index contributed by atoms with van der Waals surface area (Å²) in [5.74, 6) is 0.458. The van der Waals surface area contributed by atoms with Gasteiger partial charge in [-0.1, -0.05) is 5.16 Å². The van der Waals surface area contributed by atoms with Gasteiger partial charge in [-0.25, -0.2) is 0 Å². The normalized spacial score (nSPS) is 44.6. The summed E-state index contributed by atoms with van der Waals surface area (Å²) >= 11 is 0. The quantitative estimate of drug-likeness (QED) is 0.427. The lowest BCUT2D eigenvalue weighted by molar-refractivity contribution is -0.221. The van der Waals surface area contributed by atoms with E-state index in [4.69, 9.17) is 9.57 Å². The average Bonchev–Trinajstić information content (AvgIpc) is 1.85. The van der Waals surface area contributed by atoms with Gasteiger partial charge in [-0.15, -0.1) is 0 Å². The van der Waals surface area contributed by atoms with E-state index in [1.807, 2.05) is 0 Å². The summed E-state index contributed by atoms with van der Waals surface area (Å²) in [6.45, 7) is 0.786. The third kappa shape index (κ3) is 0.307. The maximum atomic E-state index is 4.91. The highest BCUT2D eigenvalue weighted by atomic mass is 16.8. The van der Waals surface area contributed by atoms with Crippen LogP contribution in [0, 0.1) is 5.92 Å². The SMILES string of the molecule is C1=NOC2OCC12. The van der Waals surface area contributed by atoms with Crippen molar-refractivity contribution in [3.8, 4) is 0 Å². The van der Waals surface area contributed by atoms with Crippen LogP contribution >= 0.6 is 0 Å². The van der Waals surface area contributed by atoms with Crippen LogP contribution in [-0.4, -0.2) is 19.1 Å². The third-order valence-electron chi connectivity index (χ3n) is 1.22. The maximum absolute atomic E-state index is 4.91. The Balaban J connectivity index is 2.14. The third-order valence-corrected chi connectivity index (χ3v) is 1.22. The predicted octanol–water partition coefficient (Wildman–Crippen LogP) is -0.0251. The molecule has 2 unspecified atom stereocenters. The molecule has 0 N–H and O–H groups in total. The molecule has 3 nitrogen and oxygen atoms in total. The molecule has 7 heavy (non-hydrogen) atoms. The van der Waals surface area contributed by atoms with Crippen LogP contribution in [0.5, 0.6) is 0 Å². The van der Waals surface area contributed by atoms with Crippen LogP contribution in [0.3, 0.4) is 0 Å². The van der Waals surface area contributed by atoms with E-state index in [1.165, 1.54) is 0 Å². The average molecular weight is 99.1 g/mol. The molecule has 0 amide bonds. The van der Waals surface area contributed by atoms with Crippen molar-refractivity contribution < 1.29 is 9.57 Å². The summed E-state index contributed by atoms with van der Waals surface area (Å²) in [5, 5.41) is 3.56. The van der Waals surface area contributed by atoms with Gasteiger partial charge in [0.15, 0.2) is 0 Å². The summed E-state index contributed by atoms with van der Waals surface area (Å²) in [6, 6.07) is 0. The molecule has 0 aliphatic carbocycles. The van der Waals surface area contributed by atoms with E-state index in [-0.39, 0.29) is 6.29 Å². The van der Waals surface area contributed by atoms with Crippen molar-refractivity contribution in [2.75, 3.05) is 6.61 Å². The highest BCUT2D eigenvalue weighted by Crippen LogP contribution is 2.23.